The average molecular weight is 247 g/mol. The number of aliphatic carboxylic acids is 1. The quantitative estimate of drug-likeness (QED) is 0.585. The van der Waals surface area contributed by atoms with Crippen LogP contribution in [0.25, 0.3) is 5.57 Å². The molecular weight excluding hydrogens is 237 g/mol. The Hall–Kier alpha value is -1.34. The number of benzene rings is 1. The molecule has 2 rings (SSSR count). The van der Waals surface area contributed by atoms with Gasteiger partial charge in [-0.2, -0.15) is 5.26 Å². The number of nitriles is 1. The number of carboxylic acids is 1. The first kappa shape index (κ1) is 14.7. The van der Waals surface area contributed by atoms with Crippen LogP contribution in [0, 0.1) is 16.7 Å². The van der Waals surface area contributed by atoms with Crippen molar-refractivity contribution in [2.45, 2.75) is 6.42 Å². The third kappa shape index (κ3) is 2.73. The fourth-order valence-electron chi connectivity index (χ4n) is 1.76. The number of rotatable bonds is 2. The van der Waals surface area contributed by atoms with Crippen LogP contribution in [0.15, 0.2) is 48.6 Å². The Morgan fingerprint density at radius 3 is 2.44 bits per heavy atom. The maximum atomic E-state index is 10.9. The standard InChI is InChI=1S/C14H11NO2.Na/c15-10-14(13(16)17)8-6-12(7-9-14)11-4-2-1-3-5-11;/h1-8H,9H2,(H,16,17);/q;+1/p-1. The van der Waals surface area contributed by atoms with E-state index in [9.17, 15) is 9.90 Å². The molecule has 1 atom stereocenters. The second-order valence-electron chi connectivity index (χ2n) is 3.93. The Labute approximate surface area is 128 Å². The molecular formula is C14H10NNaO2. The van der Waals surface area contributed by atoms with Gasteiger partial charge in [-0.3, -0.25) is 0 Å². The summed E-state index contributed by atoms with van der Waals surface area (Å²) in [6, 6.07) is 11.4. The molecule has 1 unspecified atom stereocenters. The van der Waals surface area contributed by atoms with E-state index in [4.69, 9.17) is 5.26 Å². The molecule has 1 aliphatic carbocycles. The van der Waals surface area contributed by atoms with Gasteiger partial charge in [0.15, 0.2) is 0 Å². The summed E-state index contributed by atoms with van der Waals surface area (Å²) in [6.45, 7) is 0. The Balaban J connectivity index is 0.00000162. The van der Waals surface area contributed by atoms with Crippen LogP contribution >= 0.6 is 0 Å². The molecule has 3 nitrogen and oxygen atoms in total. The fourth-order valence-corrected chi connectivity index (χ4v) is 1.76. The minimum absolute atomic E-state index is 0. The SMILES string of the molecule is N#CC1(C(=O)[O-])C=CC(c2ccccc2)=CC1.[Na+]. The van der Waals surface area contributed by atoms with Gasteiger partial charge in [0.1, 0.15) is 5.41 Å². The molecule has 18 heavy (non-hydrogen) atoms. The first-order valence-electron chi connectivity index (χ1n) is 5.25. The van der Waals surface area contributed by atoms with E-state index in [0.717, 1.165) is 11.1 Å². The zero-order valence-corrected chi connectivity index (χ0v) is 12.1. The smallest absolute Gasteiger partial charge is 0.548 e. The minimum atomic E-state index is -1.52. The second-order valence-corrected chi connectivity index (χ2v) is 3.93. The van der Waals surface area contributed by atoms with Crippen LogP contribution in [0.1, 0.15) is 12.0 Å². The van der Waals surface area contributed by atoms with Gasteiger partial charge in [0.05, 0.1) is 12.0 Å². The van der Waals surface area contributed by atoms with E-state index in [2.05, 4.69) is 0 Å². The molecule has 0 saturated heterocycles. The Kier molecular flexibility index (Phi) is 4.92. The van der Waals surface area contributed by atoms with Crippen molar-refractivity contribution in [1.29, 1.82) is 5.26 Å². The molecule has 84 valence electrons. The topological polar surface area (TPSA) is 63.9 Å². The van der Waals surface area contributed by atoms with E-state index >= 15 is 0 Å². The third-order valence-corrected chi connectivity index (χ3v) is 2.86. The molecule has 1 aliphatic rings. The summed E-state index contributed by atoms with van der Waals surface area (Å²) >= 11 is 0. The van der Waals surface area contributed by atoms with Crippen LogP contribution < -0.4 is 34.7 Å². The predicted octanol–water partition coefficient (Wildman–Crippen LogP) is -1.71. The van der Waals surface area contributed by atoms with E-state index in [0.29, 0.717) is 0 Å². The normalized spacial score (nSPS) is 21.4. The van der Waals surface area contributed by atoms with Gasteiger partial charge < -0.3 is 9.90 Å². The molecule has 0 heterocycles. The molecule has 0 N–H and O–H groups in total. The van der Waals surface area contributed by atoms with Gasteiger partial charge in [0.2, 0.25) is 0 Å². The van der Waals surface area contributed by atoms with Crippen LogP contribution in [0.2, 0.25) is 0 Å². The Bertz CT molecular complexity index is 543. The fraction of sp³-hybridized carbons (Fsp3) is 0.143. The molecule has 0 saturated carbocycles. The number of nitrogens with zero attached hydrogens (tertiary/aromatic N) is 1. The van der Waals surface area contributed by atoms with E-state index in [1.165, 1.54) is 6.08 Å². The van der Waals surface area contributed by atoms with Crippen LogP contribution in [0.4, 0.5) is 0 Å². The van der Waals surface area contributed by atoms with Crippen LogP contribution in [-0.4, -0.2) is 5.97 Å². The molecule has 4 heteroatoms. The molecule has 1 aromatic rings. The van der Waals surface area contributed by atoms with E-state index in [1.54, 1.807) is 18.2 Å². The van der Waals surface area contributed by atoms with Crippen molar-refractivity contribution in [3.05, 3.63) is 54.1 Å². The summed E-state index contributed by atoms with van der Waals surface area (Å²) in [7, 11) is 0. The maximum Gasteiger partial charge on any atom is 1.00 e. The summed E-state index contributed by atoms with van der Waals surface area (Å²) in [5.74, 6) is -1.35. The summed E-state index contributed by atoms with van der Waals surface area (Å²) < 4.78 is 0. The number of hydrogen-bond donors (Lipinski definition) is 0. The molecule has 0 radical (unpaired) electrons. The van der Waals surface area contributed by atoms with Gasteiger partial charge in [-0.15, -0.1) is 0 Å². The maximum absolute atomic E-state index is 10.9. The molecule has 0 fully saturated rings. The Morgan fingerprint density at radius 1 is 1.33 bits per heavy atom. The number of carbonyl (C=O) groups is 1. The van der Waals surface area contributed by atoms with Crippen molar-refractivity contribution in [1.82, 2.24) is 0 Å². The predicted molar refractivity (Wildman–Crippen MR) is 61.2 cm³/mol. The first-order chi connectivity index (χ1) is 8.18. The van der Waals surface area contributed by atoms with E-state index in [1.807, 2.05) is 30.3 Å². The first-order valence-corrected chi connectivity index (χ1v) is 5.25. The monoisotopic (exact) mass is 247 g/mol. The van der Waals surface area contributed by atoms with Crippen LogP contribution in [0.5, 0.6) is 0 Å². The van der Waals surface area contributed by atoms with E-state index < -0.39 is 11.4 Å². The summed E-state index contributed by atoms with van der Waals surface area (Å²) in [6.07, 6.45) is 4.98. The number of hydrogen-bond acceptors (Lipinski definition) is 3. The number of allylic oxidation sites excluding steroid dienone is 3. The van der Waals surface area contributed by atoms with Gasteiger partial charge in [-0.25, -0.2) is 0 Å². The molecule has 1 aromatic carbocycles. The second kappa shape index (κ2) is 6.01. The molecule has 0 amide bonds. The van der Waals surface area contributed by atoms with E-state index in [-0.39, 0.29) is 36.0 Å². The molecule has 0 aliphatic heterocycles. The van der Waals surface area contributed by atoms with Crippen molar-refractivity contribution >= 4 is 11.5 Å². The van der Waals surface area contributed by atoms with Gasteiger partial charge >= 0.3 is 29.6 Å². The average Bonchev–Trinajstić information content (AvgIpc) is 2.39. The number of carboxylic acid groups (broad SMARTS) is 1. The van der Waals surface area contributed by atoms with Crippen molar-refractivity contribution in [3.8, 4) is 6.07 Å². The van der Waals surface area contributed by atoms with Crippen molar-refractivity contribution < 1.29 is 39.5 Å². The minimum Gasteiger partial charge on any atom is -0.548 e. The third-order valence-electron chi connectivity index (χ3n) is 2.86. The zero-order valence-electron chi connectivity index (χ0n) is 10.1. The largest absolute Gasteiger partial charge is 1.00 e. The van der Waals surface area contributed by atoms with Crippen LogP contribution in [0.3, 0.4) is 0 Å². The Morgan fingerprint density at radius 2 is 2.00 bits per heavy atom. The summed E-state index contributed by atoms with van der Waals surface area (Å²) in [5.41, 5.74) is 0.421. The van der Waals surface area contributed by atoms with Crippen molar-refractivity contribution in [2.75, 3.05) is 0 Å². The van der Waals surface area contributed by atoms with Gasteiger partial charge in [0.25, 0.3) is 0 Å². The van der Waals surface area contributed by atoms with Crippen LogP contribution in [-0.2, 0) is 4.79 Å². The molecule has 0 spiro atoms. The van der Waals surface area contributed by atoms with Gasteiger partial charge in [0, 0.05) is 0 Å². The van der Waals surface area contributed by atoms with Crippen molar-refractivity contribution in [2.24, 2.45) is 5.41 Å². The summed E-state index contributed by atoms with van der Waals surface area (Å²) in [5, 5.41) is 19.9. The van der Waals surface area contributed by atoms with Gasteiger partial charge in [-0.05, 0) is 17.6 Å². The summed E-state index contributed by atoms with van der Waals surface area (Å²) in [4.78, 5) is 10.9. The zero-order chi connectivity index (χ0) is 12.3. The van der Waals surface area contributed by atoms with Crippen molar-refractivity contribution in [3.63, 3.8) is 0 Å². The molecule has 0 bridgehead atoms. The number of carbonyl (C=O) groups excluding carboxylic acids is 1. The van der Waals surface area contributed by atoms with Gasteiger partial charge in [-0.1, -0.05) is 48.6 Å². The molecule has 0 aromatic heterocycles.